The van der Waals surface area contributed by atoms with Gasteiger partial charge in [-0.25, -0.2) is 0 Å². The van der Waals surface area contributed by atoms with E-state index in [9.17, 15) is 9.59 Å². The third-order valence-corrected chi connectivity index (χ3v) is 6.50. The van der Waals surface area contributed by atoms with Crippen LogP contribution in [-0.2, 0) is 4.79 Å². The van der Waals surface area contributed by atoms with Crippen LogP contribution in [0.25, 0.3) is 6.08 Å². The summed E-state index contributed by atoms with van der Waals surface area (Å²) in [4.78, 5) is 28.6. The summed E-state index contributed by atoms with van der Waals surface area (Å²) in [5.41, 5.74) is 4.74. The van der Waals surface area contributed by atoms with E-state index in [2.05, 4.69) is 64.5 Å². The Morgan fingerprint density at radius 3 is 2.64 bits per heavy atom. The van der Waals surface area contributed by atoms with Crippen molar-refractivity contribution in [2.24, 2.45) is 0 Å². The van der Waals surface area contributed by atoms with Crippen molar-refractivity contribution < 1.29 is 9.59 Å². The summed E-state index contributed by atoms with van der Waals surface area (Å²) in [6.45, 7) is 13.4. The number of hydrogen-bond acceptors (Lipinski definition) is 4. The predicted octanol–water partition coefficient (Wildman–Crippen LogP) is 5.17. The van der Waals surface area contributed by atoms with Crippen molar-refractivity contribution in [1.29, 1.82) is 0 Å². The lowest BCUT2D eigenvalue weighted by Crippen LogP contribution is -2.51. The van der Waals surface area contributed by atoms with E-state index < -0.39 is 0 Å². The molecule has 2 aliphatic heterocycles. The van der Waals surface area contributed by atoms with Crippen molar-refractivity contribution in [2.45, 2.75) is 65.5 Å². The fourth-order valence-corrected chi connectivity index (χ4v) is 5.44. The summed E-state index contributed by atoms with van der Waals surface area (Å²) in [5.74, 6) is 2.49. The van der Waals surface area contributed by atoms with Gasteiger partial charge in [0.15, 0.2) is 0 Å². The number of aryl methyl sites for hydroxylation is 1. The normalized spacial score (nSPS) is 22.8. The van der Waals surface area contributed by atoms with Gasteiger partial charge >= 0.3 is 0 Å². The minimum Gasteiger partial charge on any atom is -0.364 e. The number of hydrogen-bond donors (Lipinski definition) is 0. The molecule has 0 saturated carbocycles. The highest BCUT2D eigenvalue weighted by Gasteiger charge is 2.38. The Kier molecular flexibility index (Phi) is 5.38. The third kappa shape index (κ3) is 3.46. The number of benzene rings is 1. The second kappa shape index (κ2) is 7.33. The zero-order chi connectivity index (χ0) is 20.8. The maximum atomic E-state index is 12.5. The Hall–Kier alpha value is -2.19. The second-order valence-electron chi connectivity index (χ2n) is 8.62. The molecule has 0 radical (unpaired) electrons. The Labute approximate surface area is 172 Å². The maximum Gasteiger partial charge on any atom is 0.294 e. The maximum absolute atomic E-state index is 12.5. The van der Waals surface area contributed by atoms with Gasteiger partial charge < -0.3 is 4.90 Å². The molecule has 4 nitrogen and oxygen atoms in total. The lowest BCUT2D eigenvalue weighted by atomic mass is 9.78. The fourth-order valence-electron chi connectivity index (χ4n) is 4.62. The SMILES string of the molecule is C#CCN1C(=O)S/C(=C\c2cc3c(cc2C)N(C(C)C)C(C)(C)C[C@@H]3C)C1=O. The topological polar surface area (TPSA) is 40.6 Å². The second-order valence-corrected chi connectivity index (χ2v) is 9.61. The molecule has 0 aliphatic carbocycles. The molecule has 1 aromatic rings. The molecule has 0 spiro atoms. The van der Waals surface area contributed by atoms with Crippen molar-refractivity contribution >= 4 is 34.7 Å². The molecule has 0 N–H and O–H groups in total. The molecule has 0 bridgehead atoms. The minimum atomic E-state index is -0.303. The van der Waals surface area contributed by atoms with Crippen molar-refractivity contribution in [1.82, 2.24) is 4.90 Å². The van der Waals surface area contributed by atoms with Gasteiger partial charge in [-0.2, -0.15) is 0 Å². The molecule has 2 heterocycles. The quantitative estimate of drug-likeness (QED) is 0.522. The van der Waals surface area contributed by atoms with Crippen molar-refractivity contribution in [2.75, 3.05) is 11.4 Å². The number of thioether (sulfide) groups is 1. The van der Waals surface area contributed by atoms with Crippen LogP contribution in [0.4, 0.5) is 10.5 Å². The van der Waals surface area contributed by atoms with E-state index >= 15 is 0 Å². The molecule has 2 aliphatic rings. The van der Waals surface area contributed by atoms with Gasteiger partial charge in [-0.05, 0) is 93.6 Å². The summed E-state index contributed by atoms with van der Waals surface area (Å²) in [7, 11) is 0. The van der Waals surface area contributed by atoms with Crippen molar-refractivity contribution in [3.05, 3.63) is 33.7 Å². The van der Waals surface area contributed by atoms with Gasteiger partial charge in [0, 0.05) is 17.3 Å². The lowest BCUT2D eigenvalue weighted by molar-refractivity contribution is -0.122. The lowest BCUT2D eigenvalue weighted by Gasteiger charge is -2.50. The van der Waals surface area contributed by atoms with Gasteiger partial charge in [0.1, 0.15) is 0 Å². The van der Waals surface area contributed by atoms with Crippen LogP contribution in [0.1, 0.15) is 63.6 Å². The number of anilines is 1. The number of fused-ring (bicyclic) bond motifs is 1. The third-order valence-electron chi connectivity index (χ3n) is 5.59. The molecule has 1 aromatic carbocycles. The van der Waals surface area contributed by atoms with E-state index in [0.717, 1.165) is 34.2 Å². The van der Waals surface area contributed by atoms with E-state index in [1.807, 2.05) is 6.08 Å². The van der Waals surface area contributed by atoms with Gasteiger partial charge in [0.05, 0.1) is 11.4 Å². The average molecular weight is 397 g/mol. The molecule has 1 atom stereocenters. The zero-order valence-corrected chi connectivity index (χ0v) is 18.3. The van der Waals surface area contributed by atoms with E-state index in [1.165, 1.54) is 11.3 Å². The Balaban J connectivity index is 2.05. The highest BCUT2D eigenvalue weighted by molar-refractivity contribution is 8.18. The Morgan fingerprint density at radius 2 is 2.04 bits per heavy atom. The molecule has 1 fully saturated rings. The van der Waals surface area contributed by atoms with E-state index in [1.54, 1.807) is 0 Å². The first-order chi connectivity index (χ1) is 13.1. The summed E-state index contributed by atoms with van der Waals surface area (Å²) >= 11 is 0.961. The van der Waals surface area contributed by atoms with E-state index in [0.29, 0.717) is 16.9 Å². The molecule has 5 heteroatoms. The van der Waals surface area contributed by atoms with E-state index in [-0.39, 0.29) is 23.2 Å². The Bertz CT molecular complexity index is 908. The predicted molar refractivity (Wildman–Crippen MR) is 117 cm³/mol. The Morgan fingerprint density at radius 1 is 1.36 bits per heavy atom. The molecule has 0 aromatic heterocycles. The largest absolute Gasteiger partial charge is 0.364 e. The fraction of sp³-hybridized carbons (Fsp3) is 0.478. The van der Waals surface area contributed by atoms with Crippen LogP contribution >= 0.6 is 11.8 Å². The van der Waals surface area contributed by atoms with Crippen LogP contribution in [0, 0.1) is 19.3 Å². The first kappa shape index (κ1) is 20.5. The van der Waals surface area contributed by atoms with Gasteiger partial charge in [0.2, 0.25) is 0 Å². The van der Waals surface area contributed by atoms with Crippen LogP contribution in [-0.4, -0.2) is 34.2 Å². The number of nitrogens with zero attached hydrogens (tertiary/aromatic N) is 2. The van der Waals surface area contributed by atoms with E-state index in [4.69, 9.17) is 6.42 Å². The first-order valence-corrected chi connectivity index (χ1v) is 10.5. The summed E-state index contributed by atoms with van der Waals surface area (Å²) in [6.07, 6.45) is 8.18. The van der Waals surface area contributed by atoms with Gasteiger partial charge in [0.25, 0.3) is 11.1 Å². The summed E-state index contributed by atoms with van der Waals surface area (Å²) in [6, 6.07) is 4.81. The molecule has 28 heavy (non-hydrogen) atoms. The first-order valence-electron chi connectivity index (χ1n) is 9.69. The minimum absolute atomic E-state index is 0.0145. The number of terminal acetylenes is 1. The number of carbonyl (C=O) groups is 2. The summed E-state index contributed by atoms with van der Waals surface area (Å²) in [5, 5.41) is -0.300. The molecule has 3 rings (SSSR count). The van der Waals surface area contributed by atoms with Crippen molar-refractivity contribution in [3.63, 3.8) is 0 Å². The molecule has 0 unspecified atom stereocenters. The van der Waals surface area contributed by atoms with Crippen LogP contribution in [0.3, 0.4) is 0 Å². The standard InChI is InChI=1S/C23H28N2O2S/c1-8-9-24-21(26)20(28-22(24)27)12-17-11-18-16(5)13-23(6,7)25(14(2)3)19(18)10-15(17)4/h1,10-12,14,16H,9,13H2,2-7H3/b20-12-/t16-/m0/s1. The van der Waals surface area contributed by atoms with Gasteiger partial charge in [-0.3, -0.25) is 14.5 Å². The van der Waals surface area contributed by atoms with Crippen LogP contribution in [0.5, 0.6) is 0 Å². The number of rotatable bonds is 3. The van der Waals surface area contributed by atoms with Gasteiger partial charge in [-0.1, -0.05) is 12.8 Å². The number of carbonyl (C=O) groups excluding carboxylic acids is 2. The number of imide groups is 1. The summed E-state index contributed by atoms with van der Waals surface area (Å²) < 4.78 is 0. The highest BCUT2D eigenvalue weighted by Crippen LogP contribution is 2.46. The van der Waals surface area contributed by atoms with Crippen molar-refractivity contribution in [3.8, 4) is 12.3 Å². The average Bonchev–Trinajstić information content (AvgIpc) is 2.83. The van der Waals surface area contributed by atoms with Crippen LogP contribution < -0.4 is 4.90 Å². The molecule has 2 amide bonds. The van der Waals surface area contributed by atoms with Gasteiger partial charge in [-0.15, -0.1) is 6.42 Å². The highest BCUT2D eigenvalue weighted by atomic mass is 32.2. The molecule has 1 saturated heterocycles. The van der Waals surface area contributed by atoms with Crippen LogP contribution in [0.15, 0.2) is 17.0 Å². The number of amides is 2. The smallest absolute Gasteiger partial charge is 0.294 e. The van der Waals surface area contributed by atoms with Crippen LogP contribution in [0.2, 0.25) is 0 Å². The molecular weight excluding hydrogens is 368 g/mol. The monoisotopic (exact) mass is 396 g/mol. The zero-order valence-electron chi connectivity index (χ0n) is 17.5. The molecular formula is C23H28N2O2S. The molecule has 148 valence electrons.